The summed E-state index contributed by atoms with van der Waals surface area (Å²) >= 11 is 0. The molecule has 1 aliphatic carbocycles. The van der Waals surface area contributed by atoms with Crippen LogP contribution in [-0.4, -0.2) is 86.9 Å². The molecule has 2 N–H and O–H groups in total. The number of hydrogen-bond acceptors (Lipinski definition) is 7. The molecule has 0 aromatic carbocycles. The highest BCUT2D eigenvalue weighted by atomic mass is 16.7. The Bertz CT molecular complexity index is 640. The van der Waals surface area contributed by atoms with E-state index >= 15 is 0 Å². The summed E-state index contributed by atoms with van der Waals surface area (Å²) in [4.78, 5) is 39.0. The number of nitrogens with one attached hydrogen (secondary N) is 2. The fourth-order valence-corrected chi connectivity index (χ4v) is 5.27. The Morgan fingerprint density at radius 1 is 1.00 bits per heavy atom. The van der Waals surface area contributed by atoms with Crippen molar-refractivity contribution in [1.29, 1.82) is 0 Å². The monoisotopic (exact) mass is 467 g/mol. The van der Waals surface area contributed by atoms with Gasteiger partial charge in [0.15, 0.2) is 12.1 Å². The molecule has 0 aromatic heterocycles. The lowest BCUT2D eigenvalue weighted by Gasteiger charge is -2.44. The summed E-state index contributed by atoms with van der Waals surface area (Å²) in [5, 5.41) is 6.60. The maximum absolute atomic E-state index is 13.0. The molecule has 0 spiro atoms. The average Bonchev–Trinajstić information content (AvgIpc) is 2.84. The number of amides is 2. The van der Waals surface area contributed by atoms with Crippen LogP contribution in [0.3, 0.4) is 0 Å². The molecule has 0 unspecified atom stereocenters. The highest BCUT2D eigenvalue weighted by Crippen LogP contribution is 2.37. The van der Waals surface area contributed by atoms with Gasteiger partial charge < -0.3 is 29.7 Å². The van der Waals surface area contributed by atoms with E-state index in [0.29, 0.717) is 58.8 Å². The molecule has 188 valence electrons. The van der Waals surface area contributed by atoms with E-state index in [1.54, 1.807) is 4.90 Å². The quantitative estimate of drug-likeness (QED) is 0.272. The molecule has 2 saturated heterocycles. The minimum absolute atomic E-state index is 0.147. The van der Waals surface area contributed by atoms with Crippen LogP contribution >= 0.6 is 0 Å². The molecule has 0 aromatic rings. The van der Waals surface area contributed by atoms with Crippen LogP contribution in [0.1, 0.15) is 64.7 Å². The van der Waals surface area contributed by atoms with Crippen molar-refractivity contribution in [3.05, 3.63) is 0 Å². The van der Waals surface area contributed by atoms with E-state index in [1.165, 1.54) is 0 Å². The van der Waals surface area contributed by atoms with Gasteiger partial charge in [-0.2, -0.15) is 0 Å². The largest absolute Gasteiger partial charge is 0.378 e. The highest BCUT2D eigenvalue weighted by Gasteiger charge is 2.44. The van der Waals surface area contributed by atoms with Gasteiger partial charge in [-0.05, 0) is 45.6 Å². The number of urea groups is 1. The molecule has 3 rings (SSSR count). The Hall–Kier alpha value is -1.55. The van der Waals surface area contributed by atoms with Crippen molar-refractivity contribution in [3.63, 3.8) is 0 Å². The van der Waals surface area contributed by atoms with E-state index in [-0.39, 0.29) is 6.03 Å². The van der Waals surface area contributed by atoms with Crippen molar-refractivity contribution in [3.8, 4) is 0 Å². The van der Waals surface area contributed by atoms with E-state index in [9.17, 15) is 14.4 Å². The van der Waals surface area contributed by atoms with Crippen LogP contribution in [-0.2, 0) is 23.8 Å². The zero-order valence-corrected chi connectivity index (χ0v) is 20.1. The third-order valence-corrected chi connectivity index (χ3v) is 7.17. The van der Waals surface area contributed by atoms with Gasteiger partial charge in [0.1, 0.15) is 0 Å². The van der Waals surface area contributed by atoms with Gasteiger partial charge in [0.2, 0.25) is 5.78 Å². The van der Waals surface area contributed by atoms with Gasteiger partial charge in [-0.25, -0.2) is 4.79 Å². The first kappa shape index (κ1) is 26.1. The standard InChI is InChI=1S/C24H41N3O6/c1-23(32-14-7-15-33-23)19-25-11-6-3-8-20(21(29)18-28)24(9-4-2-5-10-24)26-22(30)27-12-16-31-17-13-27/h18,20,25H,2-17,19H2,1H3,(H,26,30)/t20-/m1/s1. The van der Waals surface area contributed by atoms with Crippen molar-refractivity contribution in [2.45, 2.75) is 76.0 Å². The Labute approximate surface area is 197 Å². The summed E-state index contributed by atoms with van der Waals surface area (Å²) in [6, 6.07) is -0.147. The first-order valence-corrected chi connectivity index (χ1v) is 12.6. The van der Waals surface area contributed by atoms with E-state index in [2.05, 4.69) is 10.6 Å². The minimum Gasteiger partial charge on any atom is -0.378 e. The second-order valence-electron chi connectivity index (χ2n) is 9.68. The Morgan fingerprint density at radius 3 is 2.36 bits per heavy atom. The molecule has 9 heteroatoms. The van der Waals surface area contributed by atoms with Crippen molar-refractivity contribution in [2.24, 2.45) is 5.92 Å². The smallest absolute Gasteiger partial charge is 0.318 e. The summed E-state index contributed by atoms with van der Waals surface area (Å²) in [7, 11) is 0. The molecule has 0 bridgehead atoms. The molecule has 1 atom stereocenters. The number of morpholine rings is 1. The maximum Gasteiger partial charge on any atom is 0.318 e. The lowest BCUT2D eigenvalue weighted by Crippen LogP contribution is -2.61. The number of ketones is 1. The number of aldehydes is 1. The molecule has 9 nitrogen and oxygen atoms in total. The summed E-state index contributed by atoms with van der Waals surface area (Å²) in [5.74, 6) is -1.46. The van der Waals surface area contributed by atoms with Crippen LogP contribution in [0.15, 0.2) is 0 Å². The van der Waals surface area contributed by atoms with E-state index in [1.807, 2.05) is 6.92 Å². The van der Waals surface area contributed by atoms with E-state index in [0.717, 1.165) is 57.9 Å². The van der Waals surface area contributed by atoms with Crippen LogP contribution < -0.4 is 10.6 Å². The Kier molecular flexibility index (Phi) is 10.1. The molecule has 33 heavy (non-hydrogen) atoms. The third-order valence-electron chi connectivity index (χ3n) is 7.17. The zero-order chi connectivity index (χ0) is 23.6. The first-order chi connectivity index (χ1) is 16.0. The number of rotatable bonds is 11. The Morgan fingerprint density at radius 2 is 1.70 bits per heavy atom. The molecular formula is C24H41N3O6. The summed E-state index contributed by atoms with van der Waals surface area (Å²) in [6.45, 7) is 6.91. The third kappa shape index (κ3) is 7.47. The number of nitrogens with zero attached hydrogens (tertiary/aromatic N) is 1. The predicted octanol–water partition coefficient (Wildman–Crippen LogP) is 2.03. The fraction of sp³-hybridized carbons (Fsp3) is 0.875. The number of unbranched alkanes of at least 4 members (excludes halogenated alkanes) is 1. The van der Waals surface area contributed by atoms with Crippen LogP contribution in [0, 0.1) is 5.92 Å². The molecule has 3 fully saturated rings. The molecule has 2 aliphatic heterocycles. The molecule has 0 radical (unpaired) electrons. The van der Waals surface area contributed by atoms with Crippen molar-refractivity contribution in [1.82, 2.24) is 15.5 Å². The summed E-state index contributed by atoms with van der Waals surface area (Å²) in [6.07, 6.45) is 8.08. The molecular weight excluding hydrogens is 426 g/mol. The fourth-order valence-electron chi connectivity index (χ4n) is 5.27. The first-order valence-electron chi connectivity index (χ1n) is 12.6. The van der Waals surface area contributed by atoms with Gasteiger partial charge in [-0.3, -0.25) is 9.59 Å². The van der Waals surface area contributed by atoms with Crippen molar-refractivity contribution >= 4 is 18.1 Å². The van der Waals surface area contributed by atoms with E-state index < -0.39 is 23.0 Å². The summed E-state index contributed by atoms with van der Waals surface area (Å²) in [5.41, 5.74) is -0.643. The number of Topliss-reactive ketones (excluding diaryl/α,β-unsaturated/α-hetero) is 1. The zero-order valence-electron chi connectivity index (χ0n) is 20.1. The number of ether oxygens (including phenoxy) is 3. The van der Waals surface area contributed by atoms with E-state index in [4.69, 9.17) is 14.2 Å². The molecule has 1 saturated carbocycles. The SMILES string of the molecule is CC1(CNCCCC[C@H](C(=O)C=O)C2(NC(=O)N3CCOCC3)CCCCC2)OCCCO1. The van der Waals surface area contributed by atoms with Crippen LogP contribution in [0.25, 0.3) is 0 Å². The summed E-state index contributed by atoms with van der Waals surface area (Å²) < 4.78 is 16.8. The second kappa shape index (κ2) is 12.8. The van der Waals surface area contributed by atoms with Crippen molar-refractivity contribution in [2.75, 3.05) is 52.6 Å². The van der Waals surface area contributed by atoms with Gasteiger partial charge in [0, 0.05) is 25.6 Å². The lowest BCUT2D eigenvalue weighted by atomic mass is 9.69. The van der Waals surface area contributed by atoms with Gasteiger partial charge in [-0.1, -0.05) is 25.7 Å². The van der Waals surface area contributed by atoms with Gasteiger partial charge >= 0.3 is 6.03 Å². The molecule has 2 amide bonds. The number of carbonyl (C=O) groups is 3. The Balaban J connectivity index is 1.54. The predicted molar refractivity (Wildman–Crippen MR) is 123 cm³/mol. The number of hydrogen-bond donors (Lipinski definition) is 2. The van der Waals surface area contributed by atoms with Crippen LogP contribution in [0.5, 0.6) is 0 Å². The molecule has 3 aliphatic rings. The normalized spacial score (nSPS) is 23.5. The van der Waals surface area contributed by atoms with Gasteiger partial charge in [0.25, 0.3) is 0 Å². The topological polar surface area (TPSA) is 106 Å². The molecule has 2 heterocycles. The second-order valence-corrected chi connectivity index (χ2v) is 9.68. The van der Waals surface area contributed by atoms with Crippen molar-refractivity contribution < 1.29 is 28.6 Å². The number of carbonyl (C=O) groups excluding carboxylic acids is 3. The average molecular weight is 468 g/mol. The van der Waals surface area contributed by atoms with Crippen LogP contribution in [0.4, 0.5) is 4.79 Å². The maximum atomic E-state index is 13.0. The van der Waals surface area contributed by atoms with Gasteiger partial charge in [-0.15, -0.1) is 0 Å². The van der Waals surface area contributed by atoms with Crippen LogP contribution in [0.2, 0.25) is 0 Å². The van der Waals surface area contributed by atoms with Gasteiger partial charge in [0.05, 0.1) is 32.0 Å². The highest BCUT2D eigenvalue weighted by molar-refractivity contribution is 6.26. The lowest BCUT2D eigenvalue weighted by molar-refractivity contribution is -0.252. The minimum atomic E-state index is -0.643.